The number of anilines is 1. The molecule has 0 aliphatic rings. The van der Waals surface area contributed by atoms with Gasteiger partial charge in [0, 0.05) is 36.2 Å². The molecule has 0 heterocycles. The molecule has 0 aliphatic heterocycles. The second-order valence-electron chi connectivity index (χ2n) is 6.28. The van der Waals surface area contributed by atoms with Gasteiger partial charge in [-0.1, -0.05) is 18.2 Å². The fraction of sp³-hybridized carbons (Fsp3) is 0.300. The summed E-state index contributed by atoms with van der Waals surface area (Å²) in [6, 6.07) is 13.3. The number of nitrogens with one attached hydrogen (secondary N) is 1. The Bertz CT molecular complexity index is 935. The molecule has 0 spiro atoms. The molecular weight excluding hydrogens is 364 g/mol. The van der Waals surface area contributed by atoms with Crippen molar-refractivity contribution in [1.29, 1.82) is 0 Å². The van der Waals surface area contributed by atoms with Crippen molar-refractivity contribution in [3.8, 4) is 0 Å². The summed E-state index contributed by atoms with van der Waals surface area (Å²) in [4.78, 5) is 26.7. The van der Waals surface area contributed by atoms with Crippen LogP contribution in [0.4, 0.5) is 5.69 Å². The topological polar surface area (TPSA) is 83.6 Å². The van der Waals surface area contributed by atoms with Crippen molar-refractivity contribution in [2.45, 2.75) is 19.6 Å². The largest absolute Gasteiger partial charge is 0.339 e. The van der Waals surface area contributed by atoms with Gasteiger partial charge in [-0.3, -0.25) is 9.59 Å². The van der Waals surface area contributed by atoms with Gasteiger partial charge in [0.15, 0.2) is 9.84 Å². The Hall–Kier alpha value is -2.67. The number of hydrogen-bond donors (Lipinski definition) is 1. The van der Waals surface area contributed by atoms with Crippen LogP contribution in [-0.4, -0.2) is 44.5 Å². The predicted octanol–water partition coefficient (Wildman–Crippen LogP) is 2.97. The van der Waals surface area contributed by atoms with Gasteiger partial charge in [0.25, 0.3) is 11.8 Å². The lowest BCUT2D eigenvalue weighted by atomic mass is 10.1. The zero-order chi connectivity index (χ0) is 20.0. The maximum Gasteiger partial charge on any atom is 0.255 e. The SMILES string of the molecule is CCN(CC)C(=O)c1cccc(NC(=O)c2cccc(CS(C)(=O)=O)c2)c1. The lowest BCUT2D eigenvalue weighted by Crippen LogP contribution is -2.30. The quantitative estimate of drug-likeness (QED) is 0.790. The lowest BCUT2D eigenvalue weighted by Gasteiger charge is -2.19. The summed E-state index contributed by atoms with van der Waals surface area (Å²) in [5.74, 6) is -0.578. The van der Waals surface area contributed by atoms with E-state index >= 15 is 0 Å². The number of amides is 2. The number of hydrogen-bond acceptors (Lipinski definition) is 4. The number of carbonyl (C=O) groups excluding carboxylic acids is 2. The average Bonchev–Trinajstić information content (AvgIpc) is 2.61. The molecule has 2 amide bonds. The first-order chi connectivity index (χ1) is 12.7. The second kappa shape index (κ2) is 8.81. The minimum absolute atomic E-state index is 0.0914. The highest BCUT2D eigenvalue weighted by Crippen LogP contribution is 2.15. The van der Waals surface area contributed by atoms with Gasteiger partial charge in [-0.2, -0.15) is 0 Å². The van der Waals surface area contributed by atoms with Crippen LogP contribution >= 0.6 is 0 Å². The van der Waals surface area contributed by atoms with E-state index in [9.17, 15) is 18.0 Å². The summed E-state index contributed by atoms with van der Waals surface area (Å²) in [7, 11) is -3.18. The van der Waals surface area contributed by atoms with Crippen molar-refractivity contribution in [1.82, 2.24) is 4.90 Å². The van der Waals surface area contributed by atoms with Gasteiger partial charge < -0.3 is 10.2 Å². The van der Waals surface area contributed by atoms with Crippen LogP contribution in [0.5, 0.6) is 0 Å². The van der Waals surface area contributed by atoms with Gasteiger partial charge in [-0.15, -0.1) is 0 Å². The first-order valence-corrected chi connectivity index (χ1v) is 10.8. The van der Waals surface area contributed by atoms with Gasteiger partial charge in [0.2, 0.25) is 0 Å². The molecule has 1 N–H and O–H groups in total. The molecule has 2 aromatic rings. The Morgan fingerprint density at radius 2 is 1.59 bits per heavy atom. The third-order valence-corrected chi connectivity index (χ3v) is 4.89. The smallest absolute Gasteiger partial charge is 0.255 e. The fourth-order valence-corrected chi connectivity index (χ4v) is 3.52. The van der Waals surface area contributed by atoms with Crippen LogP contribution in [0.2, 0.25) is 0 Å². The van der Waals surface area contributed by atoms with Crippen molar-refractivity contribution in [2.24, 2.45) is 0 Å². The third kappa shape index (κ3) is 5.92. The number of sulfone groups is 1. The lowest BCUT2D eigenvalue weighted by molar-refractivity contribution is 0.0772. The Labute approximate surface area is 160 Å². The highest BCUT2D eigenvalue weighted by atomic mass is 32.2. The summed E-state index contributed by atoms with van der Waals surface area (Å²) in [5, 5.41) is 2.76. The zero-order valence-corrected chi connectivity index (χ0v) is 16.5. The Morgan fingerprint density at radius 1 is 0.963 bits per heavy atom. The van der Waals surface area contributed by atoms with Crippen LogP contribution in [0.15, 0.2) is 48.5 Å². The highest BCUT2D eigenvalue weighted by molar-refractivity contribution is 7.89. The minimum atomic E-state index is -3.18. The Morgan fingerprint density at radius 3 is 2.22 bits per heavy atom. The van der Waals surface area contributed by atoms with Gasteiger partial charge >= 0.3 is 0 Å². The molecule has 0 radical (unpaired) electrons. The van der Waals surface area contributed by atoms with E-state index < -0.39 is 9.84 Å². The number of rotatable bonds is 7. The molecule has 7 heteroatoms. The Balaban J connectivity index is 2.18. The molecule has 0 saturated carbocycles. The average molecular weight is 388 g/mol. The monoisotopic (exact) mass is 388 g/mol. The molecule has 0 atom stereocenters. The maximum atomic E-state index is 12.5. The van der Waals surface area contributed by atoms with Crippen LogP contribution in [0.1, 0.15) is 40.1 Å². The molecule has 0 saturated heterocycles. The molecule has 27 heavy (non-hydrogen) atoms. The normalized spacial score (nSPS) is 11.1. The van der Waals surface area contributed by atoms with Gasteiger partial charge in [0.05, 0.1) is 5.75 Å². The van der Waals surface area contributed by atoms with E-state index in [2.05, 4.69) is 5.32 Å². The molecule has 144 valence electrons. The summed E-state index contributed by atoms with van der Waals surface area (Å²) >= 11 is 0. The van der Waals surface area contributed by atoms with E-state index in [1.807, 2.05) is 13.8 Å². The van der Waals surface area contributed by atoms with E-state index in [-0.39, 0.29) is 17.6 Å². The van der Waals surface area contributed by atoms with Gasteiger partial charge in [-0.25, -0.2) is 8.42 Å². The first-order valence-electron chi connectivity index (χ1n) is 8.71. The van der Waals surface area contributed by atoms with Crippen molar-refractivity contribution in [3.63, 3.8) is 0 Å². The van der Waals surface area contributed by atoms with Crippen molar-refractivity contribution >= 4 is 27.3 Å². The maximum absolute atomic E-state index is 12.5. The third-order valence-electron chi connectivity index (χ3n) is 4.04. The molecule has 6 nitrogen and oxygen atoms in total. The molecule has 0 aromatic heterocycles. The van der Waals surface area contributed by atoms with E-state index in [4.69, 9.17) is 0 Å². The van der Waals surface area contributed by atoms with E-state index in [0.29, 0.717) is 35.5 Å². The fourth-order valence-electron chi connectivity index (χ4n) is 2.73. The van der Waals surface area contributed by atoms with Gasteiger partial charge in [0.1, 0.15) is 0 Å². The van der Waals surface area contributed by atoms with Crippen molar-refractivity contribution < 1.29 is 18.0 Å². The predicted molar refractivity (Wildman–Crippen MR) is 107 cm³/mol. The van der Waals surface area contributed by atoms with E-state index in [1.54, 1.807) is 53.4 Å². The Kier molecular flexibility index (Phi) is 6.74. The minimum Gasteiger partial charge on any atom is -0.339 e. The summed E-state index contributed by atoms with van der Waals surface area (Å²) in [6.07, 6.45) is 1.15. The molecule has 0 bridgehead atoms. The molecule has 0 unspecified atom stereocenters. The van der Waals surface area contributed by atoms with Crippen LogP contribution < -0.4 is 5.32 Å². The summed E-state index contributed by atoms with van der Waals surface area (Å²) in [5.41, 5.74) is 1.92. The number of benzene rings is 2. The summed E-state index contributed by atoms with van der Waals surface area (Å²) in [6.45, 7) is 5.05. The van der Waals surface area contributed by atoms with Crippen LogP contribution in [0, 0.1) is 0 Å². The van der Waals surface area contributed by atoms with Gasteiger partial charge in [-0.05, 0) is 49.7 Å². The van der Waals surface area contributed by atoms with Crippen LogP contribution in [-0.2, 0) is 15.6 Å². The second-order valence-corrected chi connectivity index (χ2v) is 8.42. The highest BCUT2D eigenvalue weighted by Gasteiger charge is 2.14. The first kappa shape index (κ1) is 20.6. The van der Waals surface area contributed by atoms with Crippen LogP contribution in [0.25, 0.3) is 0 Å². The van der Waals surface area contributed by atoms with E-state index in [1.165, 1.54) is 0 Å². The molecule has 0 fully saturated rings. The molecule has 2 rings (SSSR count). The van der Waals surface area contributed by atoms with Crippen molar-refractivity contribution in [2.75, 3.05) is 24.7 Å². The number of carbonyl (C=O) groups is 2. The molecular formula is C20H24N2O4S. The standard InChI is InChI=1S/C20H24N2O4S/c1-4-22(5-2)20(24)17-10-7-11-18(13-17)21-19(23)16-9-6-8-15(12-16)14-27(3,25)26/h6-13H,4-5,14H2,1-3H3,(H,21,23). The number of nitrogens with zero attached hydrogens (tertiary/aromatic N) is 1. The zero-order valence-electron chi connectivity index (χ0n) is 15.7. The van der Waals surface area contributed by atoms with Crippen LogP contribution in [0.3, 0.4) is 0 Å². The van der Waals surface area contributed by atoms with E-state index in [0.717, 1.165) is 6.26 Å². The van der Waals surface area contributed by atoms with Crippen molar-refractivity contribution in [3.05, 3.63) is 65.2 Å². The molecule has 0 aliphatic carbocycles. The summed E-state index contributed by atoms with van der Waals surface area (Å²) < 4.78 is 22.9. The molecule has 2 aromatic carbocycles.